The van der Waals surface area contributed by atoms with Crippen molar-refractivity contribution in [1.82, 2.24) is 14.8 Å². The maximum Gasteiger partial charge on any atom is 0.268 e. The number of nitrogen functional groups attached to an aromatic ring is 1. The Labute approximate surface area is 121 Å². The van der Waals surface area contributed by atoms with Gasteiger partial charge in [0.1, 0.15) is 10.7 Å². The Balaban J connectivity index is 2.03. The molecule has 1 aliphatic rings. The molecule has 0 atom stereocenters. The van der Waals surface area contributed by atoms with Gasteiger partial charge in [-0.25, -0.2) is 4.98 Å². The fourth-order valence-corrected chi connectivity index (χ4v) is 2.49. The Morgan fingerprint density at radius 1 is 1.40 bits per heavy atom. The molecule has 0 aromatic carbocycles. The summed E-state index contributed by atoms with van der Waals surface area (Å²) in [5, 5.41) is 3.88. The number of aromatic nitrogens is 1. The lowest BCUT2D eigenvalue weighted by Crippen LogP contribution is -2.37. The molecule has 20 heavy (non-hydrogen) atoms. The van der Waals surface area contributed by atoms with Gasteiger partial charge in [0.2, 0.25) is 5.91 Å². The molecule has 0 aliphatic heterocycles. The Morgan fingerprint density at radius 2 is 2.05 bits per heavy atom. The van der Waals surface area contributed by atoms with Crippen LogP contribution in [0, 0.1) is 0 Å². The van der Waals surface area contributed by atoms with Gasteiger partial charge in [0.05, 0.1) is 6.54 Å². The number of thiazole rings is 1. The van der Waals surface area contributed by atoms with Gasteiger partial charge in [-0.05, 0) is 12.8 Å². The summed E-state index contributed by atoms with van der Waals surface area (Å²) >= 11 is 1.24. The van der Waals surface area contributed by atoms with Crippen molar-refractivity contribution in [2.24, 2.45) is 0 Å². The summed E-state index contributed by atoms with van der Waals surface area (Å²) in [5.41, 5.74) is 5.78. The highest BCUT2D eigenvalue weighted by Crippen LogP contribution is 2.31. The first-order valence-electron chi connectivity index (χ1n) is 6.37. The predicted octanol–water partition coefficient (Wildman–Crippen LogP) is 0.460. The van der Waals surface area contributed by atoms with Crippen LogP contribution in [0.3, 0.4) is 0 Å². The van der Waals surface area contributed by atoms with Crippen LogP contribution in [0.2, 0.25) is 0 Å². The Morgan fingerprint density at radius 3 is 2.60 bits per heavy atom. The van der Waals surface area contributed by atoms with Crippen LogP contribution in [0.1, 0.15) is 22.5 Å². The van der Waals surface area contributed by atoms with E-state index < -0.39 is 0 Å². The first-order chi connectivity index (χ1) is 9.38. The van der Waals surface area contributed by atoms with Crippen molar-refractivity contribution in [2.45, 2.75) is 18.9 Å². The molecule has 0 unspecified atom stereocenters. The first-order valence-corrected chi connectivity index (χ1v) is 7.18. The number of nitrogens with two attached hydrogens (primary N) is 1. The number of nitrogens with zero attached hydrogens (tertiary/aromatic N) is 3. The number of amides is 2. The summed E-state index contributed by atoms with van der Waals surface area (Å²) < 4.78 is 0. The molecule has 8 heteroatoms. The number of nitrogens with one attached hydrogen (secondary N) is 1. The van der Waals surface area contributed by atoms with Crippen LogP contribution in [0.15, 0.2) is 0 Å². The molecular formula is C12H19N5O2S. The minimum absolute atomic E-state index is 0.0224. The highest BCUT2D eigenvalue weighted by atomic mass is 32.1. The van der Waals surface area contributed by atoms with Gasteiger partial charge in [-0.3, -0.25) is 9.59 Å². The summed E-state index contributed by atoms with van der Waals surface area (Å²) in [7, 11) is 4.88. The zero-order valence-electron chi connectivity index (χ0n) is 11.8. The third kappa shape index (κ3) is 3.38. The van der Waals surface area contributed by atoms with Crippen molar-refractivity contribution in [3.63, 3.8) is 0 Å². The topological polar surface area (TPSA) is 91.6 Å². The van der Waals surface area contributed by atoms with Crippen molar-refractivity contribution in [3.05, 3.63) is 4.88 Å². The average Bonchev–Trinajstić information content (AvgIpc) is 3.10. The van der Waals surface area contributed by atoms with Gasteiger partial charge >= 0.3 is 0 Å². The van der Waals surface area contributed by atoms with E-state index in [1.54, 1.807) is 21.1 Å². The van der Waals surface area contributed by atoms with Crippen molar-refractivity contribution >= 4 is 34.1 Å². The van der Waals surface area contributed by atoms with Crippen LogP contribution in [0.25, 0.3) is 0 Å². The normalized spacial score (nSPS) is 13.9. The van der Waals surface area contributed by atoms with E-state index in [4.69, 9.17) is 5.73 Å². The van der Waals surface area contributed by atoms with Crippen LogP contribution in [-0.2, 0) is 4.79 Å². The minimum atomic E-state index is -0.279. The Bertz CT molecular complexity index is 524. The molecule has 0 saturated heterocycles. The molecule has 1 aliphatic carbocycles. The second-order valence-electron chi connectivity index (χ2n) is 5.10. The maximum atomic E-state index is 12.3. The highest BCUT2D eigenvalue weighted by Gasteiger charge is 2.25. The molecule has 2 amide bonds. The van der Waals surface area contributed by atoms with Crippen molar-refractivity contribution in [2.75, 3.05) is 38.7 Å². The van der Waals surface area contributed by atoms with Crippen molar-refractivity contribution in [3.8, 4) is 0 Å². The maximum absolute atomic E-state index is 12.3. The lowest BCUT2D eigenvalue weighted by Gasteiger charge is -2.18. The quantitative estimate of drug-likeness (QED) is 0.824. The van der Waals surface area contributed by atoms with Crippen molar-refractivity contribution in [1.29, 1.82) is 0 Å². The highest BCUT2D eigenvalue weighted by molar-refractivity contribution is 7.18. The zero-order chi connectivity index (χ0) is 14.9. The average molecular weight is 297 g/mol. The van der Waals surface area contributed by atoms with Crippen LogP contribution < -0.4 is 11.1 Å². The second kappa shape index (κ2) is 5.66. The number of carbonyl (C=O) groups is 2. The Hall–Kier alpha value is -1.83. The third-order valence-corrected chi connectivity index (χ3v) is 3.96. The molecular weight excluding hydrogens is 278 g/mol. The van der Waals surface area contributed by atoms with E-state index in [1.807, 2.05) is 0 Å². The molecule has 110 valence electrons. The number of hydrogen-bond donors (Lipinski definition) is 2. The number of likely N-dealkylation sites (N-methyl/N-ethyl adjacent to an activating group) is 2. The number of anilines is 2. The SMILES string of the molecule is CN(C)C(=O)CN(C)C(=O)c1sc(NC2CC2)nc1N. The lowest BCUT2D eigenvalue weighted by molar-refractivity contribution is -0.129. The van der Waals surface area contributed by atoms with Gasteiger partial charge in [-0.15, -0.1) is 0 Å². The number of rotatable bonds is 5. The van der Waals surface area contributed by atoms with E-state index >= 15 is 0 Å². The first kappa shape index (κ1) is 14.6. The molecule has 1 heterocycles. The molecule has 0 radical (unpaired) electrons. The molecule has 2 rings (SSSR count). The summed E-state index contributed by atoms with van der Waals surface area (Å²) in [4.78, 5) is 31.2. The van der Waals surface area contributed by atoms with Gasteiger partial charge in [0.25, 0.3) is 5.91 Å². The molecule has 0 bridgehead atoms. The number of carbonyl (C=O) groups excluding carboxylic acids is 2. The van der Waals surface area contributed by atoms with Gasteiger partial charge in [-0.2, -0.15) is 0 Å². The van der Waals surface area contributed by atoms with Crippen LogP contribution >= 0.6 is 11.3 Å². The van der Waals surface area contributed by atoms with Gasteiger partial charge in [-0.1, -0.05) is 11.3 Å². The summed E-state index contributed by atoms with van der Waals surface area (Å²) in [6.45, 7) is 0.0224. The predicted molar refractivity (Wildman–Crippen MR) is 78.8 cm³/mol. The van der Waals surface area contributed by atoms with E-state index in [-0.39, 0.29) is 24.2 Å². The van der Waals surface area contributed by atoms with E-state index in [0.717, 1.165) is 12.8 Å². The summed E-state index contributed by atoms with van der Waals surface area (Å²) in [6.07, 6.45) is 2.25. The molecule has 1 saturated carbocycles. The fourth-order valence-electron chi connectivity index (χ4n) is 1.54. The monoisotopic (exact) mass is 297 g/mol. The molecule has 1 fully saturated rings. The van der Waals surface area contributed by atoms with E-state index in [2.05, 4.69) is 10.3 Å². The molecule has 1 aromatic heterocycles. The van der Waals surface area contributed by atoms with E-state index in [1.165, 1.54) is 21.1 Å². The van der Waals surface area contributed by atoms with Gasteiger partial charge in [0, 0.05) is 27.2 Å². The fraction of sp³-hybridized carbons (Fsp3) is 0.583. The van der Waals surface area contributed by atoms with Gasteiger partial charge in [0.15, 0.2) is 5.13 Å². The molecule has 7 nitrogen and oxygen atoms in total. The second-order valence-corrected chi connectivity index (χ2v) is 6.10. The summed E-state index contributed by atoms with van der Waals surface area (Å²) in [5.74, 6) is -0.202. The zero-order valence-corrected chi connectivity index (χ0v) is 12.7. The minimum Gasteiger partial charge on any atom is -0.382 e. The lowest BCUT2D eigenvalue weighted by atomic mass is 10.4. The molecule has 1 aromatic rings. The van der Waals surface area contributed by atoms with Gasteiger partial charge < -0.3 is 20.9 Å². The van der Waals surface area contributed by atoms with Crippen molar-refractivity contribution < 1.29 is 9.59 Å². The van der Waals surface area contributed by atoms with Crippen LogP contribution in [0.5, 0.6) is 0 Å². The largest absolute Gasteiger partial charge is 0.382 e. The summed E-state index contributed by atoms with van der Waals surface area (Å²) in [6, 6.07) is 0.455. The smallest absolute Gasteiger partial charge is 0.268 e. The van der Waals surface area contributed by atoms with Crippen LogP contribution in [-0.4, -0.2) is 60.3 Å². The third-order valence-electron chi connectivity index (χ3n) is 2.97. The van der Waals surface area contributed by atoms with E-state index in [9.17, 15) is 9.59 Å². The van der Waals surface area contributed by atoms with Crippen LogP contribution in [0.4, 0.5) is 10.9 Å². The standard InChI is InChI=1S/C12H19N5O2S/c1-16(2)8(18)6-17(3)11(19)9-10(13)15-12(20-9)14-7-4-5-7/h7H,4-6,13H2,1-3H3,(H,14,15). The molecule has 3 N–H and O–H groups in total. The van der Waals surface area contributed by atoms with E-state index in [0.29, 0.717) is 16.1 Å². The number of hydrogen-bond acceptors (Lipinski definition) is 6. The molecule has 0 spiro atoms. The Kier molecular flexibility index (Phi) is 4.12.